The number of benzene rings is 3. The molecule has 4 aromatic rings. The van der Waals surface area contributed by atoms with Gasteiger partial charge in [-0.25, -0.2) is 14.8 Å². The van der Waals surface area contributed by atoms with E-state index in [0.29, 0.717) is 22.1 Å². The smallest absolute Gasteiger partial charge is 0.416 e. The monoisotopic (exact) mass is 537 g/mol. The van der Waals surface area contributed by atoms with E-state index in [2.05, 4.69) is 9.98 Å². The Bertz CT molecular complexity index is 1560. The Labute approximate surface area is 218 Å². The number of aromatic nitrogens is 1. The Morgan fingerprint density at radius 1 is 1.13 bits per heavy atom. The molecule has 0 bridgehead atoms. The zero-order valence-electron chi connectivity index (χ0n) is 19.6. The molecule has 1 amide bonds. The van der Waals surface area contributed by atoms with E-state index < -0.39 is 29.5 Å². The predicted molar refractivity (Wildman–Crippen MR) is 137 cm³/mol. The second kappa shape index (κ2) is 9.75. The molecule has 1 atom stereocenters. The average molecular weight is 538 g/mol. The van der Waals surface area contributed by atoms with Crippen LogP contribution in [0.5, 0.6) is 5.75 Å². The van der Waals surface area contributed by atoms with E-state index in [0.717, 1.165) is 22.6 Å². The van der Waals surface area contributed by atoms with E-state index in [1.165, 1.54) is 47.9 Å². The van der Waals surface area contributed by atoms with E-state index in [9.17, 15) is 27.9 Å². The number of carbonyl (C=O) groups excluding carboxylic acids is 1. The molecule has 1 unspecified atom stereocenters. The number of alkyl halides is 3. The Kier molecular flexibility index (Phi) is 6.45. The second-order valence-corrected chi connectivity index (χ2v) is 9.14. The summed E-state index contributed by atoms with van der Waals surface area (Å²) in [5.41, 5.74) is 0.961. The number of hydrogen-bond donors (Lipinski definition) is 1. The Morgan fingerprint density at radius 3 is 2.58 bits per heavy atom. The molecule has 0 radical (unpaired) electrons. The molecule has 192 valence electrons. The van der Waals surface area contributed by atoms with Crippen molar-refractivity contribution in [1.82, 2.24) is 4.98 Å². The number of amides is 1. The van der Waals surface area contributed by atoms with Gasteiger partial charge in [0.2, 0.25) is 11.0 Å². The second-order valence-electron chi connectivity index (χ2n) is 8.30. The summed E-state index contributed by atoms with van der Waals surface area (Å²) in [5, 5.41) is 11.5. The van der Waals surface area contributed by atoms with Crippen LogP contribution >= 0.6 is 11.3 Å². The van der Waals surface area contributed by atoms with Crippen molar-refractivity contribution in [3.63, 3.8) is 0 Å². The number of halogens is 3. The van der Waals surface area contributed by atoms with E-state index in [-0.39, 0.29) is 16.9 Å². The van der Waals surface area contributed by atoms with Gasteiger partial charge in [-0.05, 0) is 60.2 Å². The summed E-state index contributed by atoms with van der Waals surface area (Å²) < 4.78 is 45.6. The molecule has 1 aliphatic rings. The fraction of sp³-hybridized carbons (Fsp3) is 0.111. The lowest BCUT2D eigenvalue weighted by Crippen LogP contribution is -2.24. The minimum absolute atomic E-state index is 0.0156. The van der Waals surface area contributed by atoms with Crippen molar-refractivity contribution in [3.05, 3.63) is 88.8 Å². The lowest BCUT2D eigenvalue weighted by atomic mass is 10.0. The van der Waals surface area contributed by atoms with Crippen molar-refractivity contribution >= 4 is 45.9 Å². The van der Waals surface area contributed by atoms with Crippen LogP contribution in [0.15, 0.2) is 77.1 Å². The minimum atomic E-state index is -4.63. The number of rotatable bonds is 6. The van der Waals surface area contributed by atoms with Gasteiger partial charge in [-0.3, -0.25) is 9.69 Å². The number of carboxylic acid groups (broad SMARTS) is 1. The maximum absolute atomic E-state index is 13.5. The number of ether oxygens (including phenoxy) is 1. The van der Waals surface area contributed by atoms with Gasteiger partial charge in [-0.1, -0.05) is 12.1 Å². The van der Waals surface area contributed by atoms with Crippen molar-refractivity contribution in [2.24, 2.45) is 4.99 Å². The molecule has 5 rings (SSSR count). The maximum atomic E-state index is 13.5. The molecule has 3 aromatic carbocycles. The summed E-state index contributed by atoms with van der Waals surface area (Å²) >= 11 is 1.25. The Morgan fingerprint density at radius 2 is 1.89 bits per heavy atom. The van der Waals surface area contributed by atoms with E-state index >= 15 is 0 Å². The highest BCUT2D eigenvalue weighted by Gasteiger charge is 2.40. The third kappa shape index (κ3) is 4.75. The van der Waals surface area contributed by atoms with Crippen molar-refractivity contribution in [2.75, 3.05) is 12.0 Å². The van der Waals surface area contributed by atoms with Crippen molar-refractivity contribution in [3.8, 4) is 17.0 Å². The molecule has 2 heterocycles. The van der Waals surface area contributed by atoms with Gasteiger partial charge < -0.3 is 9.84 Å². The van der Waals surface area contributed by atoms with Gasteiger partial charge in [0.05, 0.1) is 29.6 Å². The van der Waals surface area contributed by atoms with Crippen molar-refractivity contribution < 1.29 is 32.6 Å². The molecule has 1 aromatic heterocycles. The molecule has 0 saturated carbocycles. The highest BCUT2D eigenvalue weighted by molar-refractivity contribution is 7.13. The number of carbonyl (C=O) groups is 2. The molecule has 0 aliphatic carbocycles. The number of thiazole rings is 1. The molecule has 38 heavy (non-hydrogen) atoms. The SMILES string of the molecule is COc1ccc(-c2csc(N=CC3C(=O)N(c4cccc(C(=O)O)c4)c4cc(C(F)(F)F)ccc43)n2)cc1. The lowest BCUT2D eigenvalue weighted by molar-refractivity contribution is -0.137. The van der Waals surface area contributed by atoms with Crippen LogP contribution in [0.25, 0.3) is 11.3 Å². The van der Waals surface area contributed by atoms with Crippen LogP contribution in [0.1, 0.15) is 27.4 Å². The van der Waals surface area contributed by atoms with Gasteiger partial charge in [0, 0.05) is 22.8 Å². The van der Waals surface area contributed by atoms with Crippen LogP contribution in [0.4, 0.5) is 29.7 Å². The zero-order valence-corrected chi connectivity index (χ0v) is 20.5. The number of fused-ring (bicyclic) bond motifs is 1. The molecule has 1 aliphatic heterocycles. The molecule has 0 spiro atoms. The average Bonchev–Trinajstić information content (AvgIpc) is 3.48. The van der Waals surface area contributed by atoms with Crippen LogP contribution in [0, 0.1) is 0 Å². The van der Waals surface area contributed by atoms with Gasteiger partial charge in [-0.15, -0.1) is 11.3 Å². The molecular weight excluding hydrogens is 519 g/mol. The number of aromatic carboxylic acids is 1. The zero-order chi connectivity index (χ0) is 27.0. The van der Waals surface area contributed by atoms with Gasteiger partial charge in [-0.2, -0.15) is 13.2 Å². The van der Waals surface area contributed by atoms with Gasteiger partial charge in [0.1, 0.15) is 11.7 Å². The van der Waals surface area contributed by atoms with Crippen LogP contribution in [-0.2, 0) is 11.0 Å². The summed E-state index contributed by atoms with van der Waals surface area (Å²) in [6.45, 7) is 0. The first-order chi connectivity index (χ1) is 18.2. The Hall–Kier alpha value is -4.51. The Balaban J connectivity index is 1.50. The topological polar surface area (TPSA) is 92.1 Å². The third-order valence-corrected chi connectivity index (χ3v) is 6.73. The molecule has 7 nitrogen and oxygen atoms in total. The molecular formula is C27H18F3N3O4S. The summed E-state index contributed by atoms with van der Waals surface area (Å²) in [4.78, 5) is 34.9. The molecule has 0 fully saturated rings. The lowest BCUT2D eigenvalue weighted by Gasteiger charge is -2.19. The van der Waals surface area contributed by atoms with Crippen LogP contribution in [0.3, 0.4) is 0 Å². The van der Waals surface area contributed by atoms with Gasteiger partial charge in [0.25, 0.3) is 0 Å². The van der Waals surface area contributed by atoms with Crippen LogP contribution < -0.4 is 9.64 Å². The summed E-state index contributed by atoms with van der Waals surface area (Å²) in [5.74, 6) is -2.07. The maximum Gasteiger partial charge on any atom is 0.416 e. The van der Waals surface area contributed by atoms with Crippen LogP contribution in [-0.4, -0.2) is 35.3 Å². The fourth-order valence-corrected chi connectivity index (χ4v) is 4.79. The predicted octanol–water partition coefficient (Wildman–Crippen LogP) is 6.70. The number of hydrogen-bond acceptors (Lipinski definition) is 6. The van der Waals surface area contributed by atoms with E-state index in [1.54, 1.807) is 24.6 Å². The van der Waals surface area contributed by atoms with Gasteiger partial charge in [0.15, 0.2) is 0 Å². The van der Waals surface area contributed by atoms with Crippen molar-refractivity contribution in [2.45, 2.75) is 12.1 Å². The van der Waals surface area contributed by atoms with E-state index in [4.69, 9.17) is 4.74 Å². The first-order valence-electron chi connectivity index (χ1n) is 11.2. The van der Waals surface area contributed by atoms with E-state index in [1.807, 2.05) is 12.1 Å². The molecule has 0 saturated heterocycles. The minimum Gasteiger partial charge on any atom is -0.497 e. The number of carboxylic acids is 1. The quantitative estimate of drug-likeness (QED) is 0.276. The standard InChI is InChI=1S/C27H18F3N3O4S/c1-37-19-8-5-15(6-9-19)22-14-38-26(32-22)31-13-21-20-10-7-17(27(28,29)30)12-23(20)33(24(21)34)18-4-2-3-16(11-18)25(35)36/h2-14,21H,1H3,(H,35,36). The summed E-state index contributed by atoms with van der Waals surface area (Å²) in [6.07, 6.45) is -3.27. The number of anilines is 2. The summed E-state index contributed by atoms with van der Waals surface area (Å²) in [6, 6.07) is 15.8. The first-order valence-corrected chi connectivity index (χ1v) is 12.1. The largest absolute Gasteiger partial charge is 0.497 e. The van der Waals surface area contributed by atoms with Crippen LogP contribution in [0.2, 0.25) is 0 Å². The number of aliphatic imine (C=N–C) groups is 1. The number of methoxy groups -OCH3 is 1. The highest BCUT2D eigenvalue weighted by atomic mass is 32.1. The fourth-order valence-electron chi connectivity index (χ4n) is 4.11. The first kappa shape index (κ1) is 25.2. The highest BCUT2D eigenvalue weighted by Crippen LogP contribution is 2.44. The normalized spacial score (nSPS) is 15.2. The van der Waals surface area contributed by atoms with Gasteiger partial charge >= 0.3 is 12.1 Å². The van der Waals surface area contributed by atoms with Crippen molar-refractivity contribution in [1.29, 1.82) is 0 Å². The summed E-state index contributed by atoms with van der Waals surface area (Å²) in [7, 11) is 1.57. The molecule has 11 heteroatoms. The third-order valence-electron chi connectivity index (χ3n) is 5.98. The number of nitrogens with zero attached hydrogens (tertiary/aromatic N) is 3. The molecule has 1 N–H and O–H groups in total.